The lowest BCUT2D eigenvalue weighted by atomic mass is 9.88. The second kappa shape index (κ2) is 12.9. The van der Waals surface area contributed by atoms with Crippen LogP contribution in [0.15, 0.2) is 115 Å². The largest absolute Gasteiger partial charge is 0.491 e. The van der Waals surface area contributed by atoms with Crippen LogP contribution in [0.2, 0.25) is 0 Å². The van der Waals surface area contributed by atoms with Crippen molar-refractivity contribution >= 4 is 17.2 Å². The second-order valence-corrected chi connectivity index (χ2v) is 8.06. The molecule has 0 saturated heterocycles. The predicted molar refractivity (Wildman–Crippen MR) is 143 cm³/mol. The molecule has 0 radical (unpaired) electrons. The molecule has 1 amide bonds. The first-order valence-electron chi connectivity index (χ1n) is 11.9. The molecule has 4 aromatic rings. The Hall–Kier alpha value is -4.35. The number of amides is 1. The van der Waals surface area contributed by atoms with Crippen LogP contribution in [0, 0.1) is 0 Å². The van der Waals surface area contributed by atoms with Gasteiger partial charge in [0, 0.05) is 6.54 Å². The lowest BCUT2D eigenvalue weighted by molar-refractivity contribution is 0.201. The lowest BCUT2D eigenvalue weighted by Crippen LogP contribution is -2.28. The van der Waals surface area contributed by atoms with E-state index in [4.69, 9.17) is 14.6 Å². The SMILES string of the molecule is O=C(NCC/C(=C(\c1ccccc1)c1ccc(OCCO)cc1)c1ccccc1)Oc1ccccc1. The Balaban J connectivity index is 1.65. The van der Waals surface area contributed by atoms with E-state index in [1.807, 2.05) is 78.9 Å². The molecular weight excluding hydrogens is 450 g/mol. The van der Waals surface area contributed by atoms with E-state index in [1.54, 1.807) is 12.1 Å². The summed E-state index contributed by atoms with van der Waals surface area (Å²) >= 11 is 0. The predicted octanol–water partition coefficient (Wildman–Crippen LogP) is 6.20. The number of carbonyl (C=O) groups is 1. The molecule has 0 aliphatic rings. The molecule has 0 fully saturated rings. The maximum atomic E-state index is 12.4. The molecule has 5 heteroatoms. The van der Waals surface area contributed by atoms with E-state index in [0.717, 1.165) is 27.8 Å². The van der Waals surface area contributed by atoms with Gasteiger partial charge in [0.05, 0.1) is 6.61 Å². The highest BCUT2D eigenvalue weighted by Gasteiger charge is 2.15. The summed E-state index contributed by atoms with van der Waals surface area (Å²) in [4.78, 5) is 12.4. The van der Waals surface area contributed by atoms with Gasteiger partial charge in [-0.3, -0.25) is 0 Å². The minimum absolute atomic E-state index is 0.0330. The van der Waals surface area contributed by atoms with Gasteiger partial charge in [-0.05, 0) is 58.5 Å². The zero-order valence-corrected chi connectivity index (χ0v) is 20.0. The number of aliphatic hydroxyl groups is 1. The molecule has 0 bridgehead atoms. The van der Waals surface area contributed by atoms with E-state index in [9.17, 15) is 4.79 Å². The van der Waals surface area contributed by atoms with Crippen LogP contribution in [0.25, 0.3) is 11.1 Å². The number of para-hydroxylation sites is 1. The molecule has 4 aromatic carbocycles. The van der Waals surface area contributed by atoms with Crippen molar-refractivity contribution in [2.45, 2.75) is 6.42 Å². The monoisotopic (exact) mass is 479 g/mol. The van der Waals surface area contributed by atoms with Gasteiger partial charge in [-0.2, -0.15) is 0 Å². The molecule has 182 valence electrons. The Labute approximate surface area is 211 Å². The molecule has 0 aromatic heterocycles. The second-order valence-electron chi connectivity index (χ2n) is 8.06. The fraction of sp³-hybridized carbons (Fsp3) is 0.129. The van der Waals surface area contributed by atoms with Crippen LogP contribution in [0.3, 0.4) is 0 Å². The Morgan fingerprint density at radius 1 is 0.667 bits per heavy atom. The summed E-state index contributed by atoms with van der Waals surface area (Å²) in [5, 5.41) is 11.9. The molecule has 5 nitrogen and oxygen atoms in total. The van der Waals surface area contributed by atoms with Crippen LogP contribution < -0.4 is 14.8 Å². The molecule has 0 spiro atoms. The summed E-state index contributed by atoms with van der Waals surface area (Å²) in [5.74, 6) is 1.20. The zero-order chi connectivity index (χ0) is 25.0. The summed E-state index contributed by atoms with van der Waals surface area (Å²) in [6.07, 6.45) is 0.112. The van der Waals surface area contributed by atoms with Crippen molar-refractivity contribution in [3.8, 4) is 11.5 Å². The minimum Gasteiger partial charge on any atom is -0.491 e. The van der Waals surface area contributed by atoms with Crippen LogP contribution in [0.4, 0.5) is 4.79 Å². The van der Waals surface area contributed by atoms with Gasteiger partial charge >= 0.3 is 6.09 Å². The first kappa shape index (κ1) is 24.8. The zero-order valence-electron chi connectivity index (χ0n) is 20.0. The molecule has 2 N–H and O–H groups in total. The summed E-state index contributed by atoms with van der Waals surface area (Å²) in [7, 11) is 0. The van der Waals surface area contributed by atoms with Gasteiger partial charge in [0.2, 0.25) is 0 Å². The number of aliphatic hydroxyl groups excluding tert-OH is 1. The van der Waals surface area contributed by atoms with Gasteiger partial charge in [-0.15, -0.1) is 0 Å². The van der Waals surface area contributed by atoms with Crippen molar-refractivity contribution < 1.29 is 19.4 Å². The van der Waals surface area contributed by atoms with Crippen molar-refractivity contribution in [3.63, 3.8) is 0 Å². The third-order valence-corrected chi connectivity index (χ3v) is 5.59. The third kappa shape index (κ3) is 6.84. The minimum atomic E-state index is -0.486. The fourth-order valence-electron chi connectivity index (χ4n) is 3.98. The normalized spacial score (nSPS) is 11.4. The van der Waals surface area contributed by atoms with Crippen molar-refractivity contribution in [2.75, 3.05) is 19.8 Å². The van der Waals surface area contributed by atoms with Gasteiger partial charge in [-0.25, -0.2) is 4.79 Å². The van der Waals surface area contributed by atoms with Crippen molar-refractivity contribution in [1.82, 2.24) is 5.32 Å². The van der Waals surface area contributed by atoms with Gasteiger partial charge < -0.3 is 19.9 Å². The van der Waals surface area contributed by atoms with Crippen molar-refractivity contribution in [3.05, 3.63) is 132 Å². The van der Waals surface area contributed by atoms with Gasteiger partial charge in [0.15, 0.2) is 0 Å². The van der Waals surface area contributed by atoms with Crippen LogP contribution >= 0.6 is 0 Å². The fourth-order valence-corrected chi connectivity index (χ4v) is 3.98. The van der Waals surface area contributed by atoms with Crippen LogP contribution in [-0.2, 0) is 0 Å². The van der Waals surface area contributed by atoms with Crippen LogP contribution in [-0.4, -0.2) is 31.0 Å². The number of benzene rings is 4. The van der Waals surface area contributed by atoms with Crippen molar-refractivity contribution in [1.29, 1.82) is 0 Å². The third-order valence-electron chi connectivity index (χ3n) is 5.59. The van der Waals surface area contributed by atoms with E-state index in [1.165, 1.54) is 0 Å². The smallest absolute Gasteiger partial charge is 0.412 e. The number of carbonyl (C=O) groups excluding carboxylic acids is 1. The molecule has 0 atom stereocenters. The van der Waals surface area contributed by atoms with E-state index in [0.29, 0.717) is 24.5 Å². The maximum Gasteiger partial charge on any atom is 0.412 e. The molecule has 0 aliphatic heterocycles. The van der Waals surface area contributed by atoms with E-state index < -0.39 is 6.09 Å². The van der Waals surface area contributed by atoms with Crippen LogP contribution in [0.5, 0.6) is 11.5 Å². The van der Waals surface area contributed by atoms with Gasteiger partial charge in [-0.1, -0.05) is 91.0 Å². The quantitative estimate of drug-likeness (QED) is 0.266. The van der Waals surface area contributed by atoms with Crippen molar-refractivity contribution in [2.24, 2.45) is 0 Å². The Morgan fingerprint density at radius 2 is 1.22 bits per heavy atom. The number of rotatable bonds is 10. The standard InChI is InChI=1S/C31H29NO4/c33-22-23-35-27-18-16-26(17-19-27)30(25-12-6-2-7-13-25)29(24-10-4-1-5-11-24)20-21-32-31(34)36-28-14-8-3-9-15-28/h1-19,33H,20-23H2,(H,32,34)/b30-29-. The highest BCUT2D eigenvalue weighted by atomic mass is 16.6. The summed E-state index contributed by atoms with van der Waals surface area (Å²) in [6, 6.07) is 37.3. The molecule has 0 heterocycles. The number of ether oxygens (including phenoxy) is 2. The molecule has 0 aliphatic carbocycles. The average molecular weight is 480 g/mol. The average Bonchev–Trinajstić information content (AvgIpc) is 2.93. The summed E-state index contributed by atoms with van der Waals surface area (Å²) in [5.41, 5.74) is 5.37. The first-order chi connectivity index (χ1) is 17.7. The van der Waals surface area contributed by atoms with Crippen LogP contribution in [0.1, 0.15) is 23.1 Å². The number of nitrogens with one attached hydrogen (secondary N) is 1. The Kier molecular flexibility index (Phi) is 8.89. The highest BCUT2D eigenvalue weighted by molar-refractivity contribution is 5.98. The Morgan fingerprint density at radius 3 is 1.83 bits per heavy atom. The summed E-state index contributed by atoms with van der Waals surface area (Å²) < 4.78 is 10.9. The number of hydrogen-bond acceptors (Lipinski definition) is 4. The topological polar surface area (TPSA) is 67.8 Å². The molecule has 36 heavy (non-hydrogen) atoms. The first-order valence-corrected chi connectivity index (χ1v) is 11.9. The highest BCUT2D eigenvalue weighted by Crippen LogP contribution is 2.35. The van der Waals surface area contributed by atoms with E-state index in [2.05, 4.69) is 29.6 Å². The van der Waals surface area contributed by atoms with Gasteiger partial charge in [0.1, 0.15) is 18.1 Å². The molecule has 4 rings (SSSR count). The maximum absolute atomic E-state index is 12.4. The summed E-state index contributed by atoms with van der Waals surface area (Å²) in [6.45, 7) is 0.624. The number of hydrogen-bond donors (Lipinski definition) is 2. The van der Waals surface area contributed by atoms with E-state index in [-0.39, 0.29) is 13.2 Å². The lowest BCUT2D eigenvalue weighted by Gasteiger charge is -2.18. The molecule has 0 unspecified atom stereocenters. The molecule has 0 saturated carbocycles. The molecular formula is C31H29NO4. The van der Waals surface area contributed by atoms with Gasteiger partial charge in [0.25, 0.3) is 0 Å². The Bertz CT molecular complexity index is 1250. The van der Waals surface area contributed by atoms with E-state index >= 15 is 0 Å².